The molecule has 110 valence electrons. The van der Waals surface area contributed by atoms with E-state index in [2.05, 4.69) is 5.32 Å². The number of nitrogens with one attached hydrogen (secondary N) is 1. The van der Waals surface area contributed by atoms with Gasteiger partial charge in [-0.15, -0.1) is 0 Å². The average molecular weight is 283 g/mol. The number of hydrogen-bond donors (Lipinski definition) is 2. The van der Waals surface area contributed by atoms with Gasteiger partial charge < -0.3 is 10.4 Å². The number of nitrogens with zero attached hydrogens (tertiary/aromatic N) is 2. The molecule has 8 nitrogen and oxygen atoms in total. The van der Waals surface area contributed by atoms with E-state index >= 15 is 0 Å². The quantitative estimate of drug-likeness (QED) is 0.683. The molecule has 0 spiro atoms. The van der Waals surface area contributed by atoms with Crippen LogP contribution in [-0.4, -0.2) is 57.4 Å². The average Bonchev–Trinajstić information content (AvgIpc) is 2.50. The standard InChI is InChI=1S/C12H17N3O5/c1-7(16)13-8-4-5-10(17)14-6-2-3-9(12(19)20)15(14)11(8)18/h8-9H,2-6H2,1H3,(H,13,16)(H,19,20)/t8-,9-/m0/s1. The number of fused-ring (bicyclic) bond motifs is 1. The number of carboxylic acids is 1. The number of carbonyl (C=O) groups is 4. The Kier molecular flexibility index (Phi) is 3.91. The summed E-state index contributed by atoms with van der Waals surface area (Å²) < 4.78 is 0. The van der Waals surface area contributed by atoms with Gasteiger partial charge in [-0.1, -0.05) is 0 Å². The minimum absolute atomic E-state index is 0.111. The van der Waals surface area contributed by atoms with Gasteiger partial charge in [-0.2, -0.15) is 0 Å². The highest BCUT2D eigenvalue weighted by atomic mass is 16.4. The first-order chi connectivity index (χ1) is 9.41. The summed E-state index contributed by atoms with van der Waals surface area (Å²) in [4.78, 5) is 46.9. The van der Waals surface area contributed by atoms with Crippen molar-refractivity contribution in [3.05, 3.63) is 0 Å². The van der Waals surface area contributed by atoms with Gasteiger partial charge in [0.15, 0.2) is 6.04 Å². The largest absolute Gasteiger partial charge is 0.480 e. The van der Waals surface area contributed by atoms with Crippen molar-refractivity contribution in [2.45, 2.75) is 44.7 Å². The Balaban J connectivity index is 2.31. The minimum Gasteiger partial charge on any atom is -0.480 e. The van der Waals surface area contributed by atoms with Gasteiger partial charge in [0, 0.05) is 19.9 Å². The summed E-state index contributed by atoms with van der Waals surface area (Å²) in [5.74, 6) is -2.33. The van der Waals surface area contributed by atoms with Gasteiger partial charge in [-0.25, -0.2) is 9.80 Å². The van der Waals surface area contributed by atoms with E-state index in [1.807, 2.05) is 0 Å². The van der Waals surface area contributed by atoms with Crippen LogP contribution in [-0.2, 0) is 19.2 Å². The first-order valence-electron chi connectivity index (χ1n) is 6.55. The van der Waals surface area contributed by atoms with Crippen molar-refractivity contribution in [3.63, 3.8) is 0 Å². The third kappa shape index (κ3) is 2.59. The second-order valence-electron chi connectivity index (χ2n) is 4.99. The first kappa shape index (κ1) is 14.3. The van der Waals surface area contributed by atoms with Crippen molar-refractivity contribution in [1.29, 1.82) is 0 Å². The molecule has 0 bridgehead atoms. The van der Waals surface area contributed by atoms with Crippen molar-refractivity contribution < 1.29 is 24.3 Å². The lowest BCUT2D eigenvalue weighted by Crippen LogP contribution is -2.62. The van der Waals surface area contributed by atoms with E-state index in [4.69, 9.17) is 0 Å². The molecule has 2 fully saturated rings. The van der Waals surface area contributed by atoms with Crippen LogP contribution >= 0.6 is 0 Å². The fourth-order valence-electron chi connectivity index (χ4n) is 2.64. The van der Waals surface area contributed by atoms with Gasteiger partial charge in [-0.3, -0.25) is 19.4 Å². The van der Waals surface area contributed by atoms with Gasteiger partial charge in [0.25, 0.3) is 5.91 Å². The SMILES string of the molecule is CC(=O)N[C@H]1CCC(=O)N2CCC[C@@H](C(=O)O)N2C1=O. The zero-order chi connectivity index (χ0) is 14.9. The molecule has 2 saturated heterocycles. The molecule has 2 atom stereocenters. The van der Waals surface area contributed by atoms with Crippen LogP contribution in [0.5, 0.6) is 0 Å². The van der Waals surface area contributed by atoms with Crippen molar-refractivity contribution in [1.82, 2.24) is 15.3 Å². The van der Waals surface area contributed by atoms with Gasteiger partial charge in [0.1, 0.15) is 6.04 Å². The number of amides is 3. The summed E-state index contributed by atoms with van der Waals surface area (Å²) in [5, 5.41) is 13.9. The molecular formula is C12H17N3O5. The van der Waals surface area contributed by atoms with Gasteiger partial charge >= 0.3 is 5.97 Å². The Hall–Kier alpha value is -2.12. The fourth-order valence-corrected chi connectivity index (χ4v) is 2.64. The van der Waals surface area contributed by atoms with Crippen LogP contribution in [0.15, 0.2) is 0 Å². The molecular weight excluding hydrogens is 266 g/mol. The van der Waals surface area contributed by atoms with E-state index in [-0.39, 0.29) is 24.7 Å². The van der Waals surface area contributed by atoms with Crippen LogP contribution in [0.4, 0.5) is 0 Å². The molecule has 0 aromatic heterocycles. The third-order valence-corrected chi connectivity index (χ3v) is 3.52. The minimum atomic E-state index is -1.14. The Morgan fingerprint density at radius 1 is 1.30 bits per heavy atom. The van der Waals surface area contributed by atoms with E-state index in [0.29, 0.717) is 19.4 Å². The predicted molar refractivity (Wildman–Crippen MR) is 66.1 cm³/mol. The molecule has 0 aromatic rings. The van der Waals surface area contributed by atoms with Gasteiger partial charge in [0.05, 0.1) is 0 Å². The highest BCUT2D eigenvalue weighted by Crippen LogP contribution is 2.24. The number of rotatable bonds is 2. The zero-order valence-electron chi connectivity index (χ0n) is 11.2. The Morgan fingerprint density at radius 3 is 2.60 bits per heavy atom. The Bertz CT molecular complexity index is 464. The molecule has 0 saturated carbocycles. The summed E-state index contributed by atoms with van der Waals surface area (Å²) >= 11 is 0. The summed E-state index contributed by atoms with van der Waals surface area (Å²) in [7, 11) is 0. The molecule has 2 heterocycles. The van der Waals surface area contributed by atoms with Crippen molar-refractivity contribution in [2.75, 3.05) is 6.54 Å². The molecule has 0 unspecified atom stereocenters. The molecule has 3 amide bonds. The molecule has 8 heteroatoms. The number of aliphatic carboxylic acids is 1. The van der Waals surface area contributed by atoms with Gasteiger partial charge in [-0.05, 0) is 19.3 Å². The van der Waals surface area contributed by atoms with Crippen LogP contribution < -0.4 is 5.32 Å². The number of carbonyl (C=O) groups excluding carboxylic acids is 3. The lowest BCUT2D eigenvalue weighted by atomic mass is 10.1. The molecule has 0 aromatic carbocycles. The number of carboxylic acid groups (broad SMARTS) is 1. The molecule has 0 aliphatic carbocycles. The molecule has 2 aliphatic rings. The first-order valence-corrected chi connectivity index (χ1v) is 6.55. The molecule has 0 radical (unpaired) electrons. The topological polar surface area (TPSA) is 107 Å². The highest BCUT2D eigenvalue weighted by molar-refractivity contribution is 5.93. The van der Waals surface area contributed by atoms with Crippen molar-refractivity contribution in [3.8, 4) is 0 Å². The molecule has 20 heavy (non-hydrogen) atoms. The number of hydrazine groups is 1. The van der Waals surface area contributed by atoms with Crippen LogP contribution in [0, 0.1) is 0 Å². The van der Waals surface area contributed by atoms with Gasteiger partial charge in [0.2, 0.25) is 11.8 Å². The molecule has 2 aliphatic heterocycles. The zero-order valence-corrected chi connectivity index (χ0v) is 11.2. The Labute approximate surface area is 115 Å². The predicted octanol–water partition coefficient (Wildman–Crippen LogP) is -0.896. The van der Waals surface area contributed by atoms with Crippen LogP contribution in [0.1, 0.15) is 32.6 Å². The van der Waals surface area contributed by atoms with E-state index in [1.165, 1.54) is 11.9 Å². The van der Waals surface area contributed by atoms with E-state index in [1.54, 1.807) is 0 Å². The van der Waals surface area contributed by atoms with Crippen molar-refractivity contribution >= 4 is 23.7 Å². The maximum atomic E-state index is 12.4. The normalized spacial score (nSPS) is 26.9. The summed E-state index contributed by atoms with van der Waals surface area (Å²) in [6, 6.07) is -1.89. The third-order valence-electron chi connectivity index (χ3n) is 3.52. The maximum Gasteiger partial charge on any atom is 0.328 e. The smallest absolute Gasteiger partial charge is 0.328 e. The second kappa shape index (κ2) is 5.48. The van der Waals surface area contributed by atoms with Crippen LogP contribution in [0.25, 0.3) is 0 Å². The lowest BCUT2D eigenvalue weighted by molar-refractivity contribution is -0.180. The van der Waals surface area contributed by atoms with Crippen LogP contribution in [0.3, 0.4) is 0 Å². The summed E-state index contributed by atoms with van der Waals surface area (Å²) in [6.45, 7) is 1.61. The second-order valence-corrected chi connectivity index (χ2v) is 4.99. The molecule has 2 rings (SSSR count). The highest BCUT2D eigenvalue weighted by Gasteiger charge is 2.44. The summed E-state index contributed by atoms with van der Waals surface area (Å²) in [5.41, 5.74) is 0. The van der Waals surface area contributed by atoms with E-state index in [9.17, 15) is 24.3 Å². The van der Waals surface area contributed by atoms with Crippen molar-refractivity contribution in [2.24, 2.45) is 0 Å². The number of hydrogen-bond acceptors (Lipinski definition) is 4. The molecule has 2 N–H and O–H groups in total. The monoisotopic (exact) mass is 283 g/mol. The van der Waals surface area contributed by atoms with E-state index in [0.717, 1.165) is 5.01 Å². The summed E-state index contributed by atoms with van der Waals surface area (Å²) in [6.07, 6.45) is 1.14. The lowest BCUT2D eigenvalue weighted by Gasteiger charge is -2.41. The van der Waals surface area contributed by atoms with E-state index < -0.39 is 24.0 Å². The Morgan fingerprint density at radius 2 is 2.00 bits per heavy atom. The van der Waals surface area contributed by atoms with Crippen LogP contribution in [0.2, 0.25) is 0 Å². The maximum absolute atomic E-state index is 12.4. The fraction of sp³-hybridized carbons (Fsp3) is 0.667.